The molecule has 0 atom stereocenters. The van der Waals surface area contributed by atoms with Crippen LogP contribution in [0.2, 0.25) is 0 Å². The first-order chi connectivity index (χ1) is 12.4. The average molecular weight is 354 g/mol. The summed E-state index contributed by atoms with van der Waals surface area (Å²) in [6.45, 7) is 10.8. The molecule has 2 aromatic rings. The molecule has 0 saturated carbocycles. The zero-order valence-electron chi connectivity index (χ0n) is 15.7. The quantitative estimate of drug-likeness (QED) is 0.479. The van der Waals surface area contributed by atoms with Gasteiger partial charge in [-0.3, -0.25) is 0 Å². The maximum Gasteiger partial charge on any atom is 0.338 e. The number of ether oxygens (including phenoxy) is 3. The van der Waals surface area contributed by atoms with Gasteiger partial charge in [0.15, 0.2) is 0 Å². The molecule has 0 radical (unpaired) electrons. The van der Waals surface area contributed by atoms with Crippen LogP contribution < -0.4 is 4.74 Å². The summed E-state index contributed by atoms with van der Waals surface area (Å²) in [5, 5.41) is 0. The van der Waals surface area contributed by atoms with Crippen LogP contribution in [0.15, 0.2) is 66.7 Å². The first-order valence-electron chi connectivity index (χ1n) is 8.58. The number of esters is 1. The molecule has 0 N–H and O–H groups in total. The fourth-order valence-corrected chi connectivity index (χ4v) is 2.11. The van der Waals surface area contributed by atoms with E-state index in [4.69, 9.17) is 14.2 Å². The Kier molecular flexibility index (Phi) is 6.98. The second-order valence-corrected chi connectivity index (χ2v) is 6.88. The van der Waals surface area contributed by atoms with Crippen LogP contribution in [0.3, 0.4) is 0 Å². The lowest BCUT2D eigenvalue weighted by molar-refractivity contribution is -0.0361. The van der Waals surface area contributed by atoms with Crippen molar-refractivity contribution >= 4 is 5.97 Å². The van der Waals surface area contributed by atoms with E-state index in [0.29, 0.717) is 24.5 Å². The van der Waals surface area contributed by atoms with Gasteiger partial charge in [-0.15, -0.1) is 0 Å². The normalized spacial score (nSPS) is 11.0. The van der Waals surface area contributed by atoms with Crippen molar-refractivity contribution in [1.82, 2.24) is 0 Å². The van der Waals surface area contributed by atoms with E-state index in [1.165, 1.54) is 0 Å². The van der Waals surface area contributed by atoms with Gasteiger partial charge in [-0.2, -0.15) is 0 Å². The van der Waals surface area contributed by atoms with Crippen molar-refractivity contribution in [2.75, 3.05) is 13.2 Å². The van der Waals surface area contributed by atoms with Crippen LogP contribution in [0.5, 0.6) is 5.75 Å². The molecule has 0 fully saturated rings. The first kappa shape index (κ1) is 19.7. The van der Waals surface area contributed by atoms with E-state index in [9.17, 15) is 4.79 Å². The van der Waals surface area contributed by atoms with Gasteiger partial charge in [0, 0.05) is 0 Å². The third-order valence-corrected chi connectivity index (χ3v) is 3.60. The summed E-state index contributed by atoms with van der Waals surface area (Å²) in [7, 11) is 0. The van der Waals surface area contributed by atoms with Crippen molar-refractivity contribution < 1.29 is 19.0 Å². The molecular formula is C22H26O4. The topological polar surface area (TPSA) is 44.8 Å². The van der Waals surface area contributed by atoms with Crippen LogP contribution >= 0.6 is 0 Å². The van der Waals surface area contributed by atoms with Crippen LogP contribution in [-0.4, -0.2) is 24.8 Å². The third-order valence-electron chi connectivity index (χ3n) is 3.60. The molecule has 0 spiro atoms. The fourth-order valence-electron chi connectivity index (χ4n) is 2.11. The molecule has 0 saturated heterocycles. The highest BCUT2D eigenvalue weighted by Crippen LogP contribution is 2.17. The molecule has 4 nitrogen and oxygen atoms in total. The minimum atomic E-state index is -0.424. The molecule has 0 aromatic heterocycles. The highest BCUT2D eigenvalue weighted by Gasteiger charge is 2.19. The Morgan fingerprint density at radius 3 is 2.31 bits per heavy atom. The van der Waals surface area contributed by atoms with Crippen molar-refractivity contribution in [3.8, 4) is 5.75 Å². The monoisotopic (exact) mass is 354 g/mol. The van der Waals surface area contributed by atoms with Crippen LogP contribution in [-0.2, 0) is 16.1 Å². The molecule has 0 unspecified atom stereocenters. The molecule has 0 bridgehead atoms. The SMILES string of the molecule is C=C(C)COC(C)(C)COc1ccc(C(=O)OCc2ccccc2)cc1. The van der Waals surface area contributed by atoms with Gasteiger partial charge in [-0.1, -0.05) is 42.5 Å². The van der Waals surface area contributed by atoms with Gasteiger partial charge in [0.2, 0.25) is 0 Å². The Morgan fingerprint density at radius 2 is 1.69 bits per heavy atom. The molecule has 2 rings (SSSR count). The van der Waals surface area contributed by atoms with E-state index in [1.807, 2.05) is 51.1 Å². The Hall–Kier alpha value is -2.59. The number of carbonyl (C=O) groups is 1. The van der Waals surface area contributed by atoms with E-state index in [0.717, 1.165) is 11.1 Å². The molecule has 4 heteroatoms. The zero-order chi connectivity index (χ0) is 19.0. The Morgan fingerprint density at radius 1 is 1.04 bits per heavy atom. The predicted molar refractivity (Wildman–Crippen MR) is 102 cm³/mol. The van der Waals surface area contributed by atoms with E-state index in [1.54, 1.807) is 24.3 Å². The lowest BCUT2D eigenvalue weighted by Crippen LogP contribution is -2.32. The summed E-state index contributed by atoms with van der Waals surface area (Å²) in [5.41, 5.74) is 1.99. The highest BCUT2D eigenvalue weighted by atomic mass is 16.5. The first-order valence-corrected chi connectivity index (χ1v) is 8.58. The second-order valence-electron chi connectivity index (χ2n) is 6.88. The van der Waals surface area contributed by atoms with Gasteiger partial charge < -0.3 is 14.2 Å². The summed E-state index contributed by atoms with van der Waals surface area (Å²) in [4.78, 5) is 12.1. The van der Waals surface area contributed by atoms with Gasteiger partial charge in [-0.05, 0) is 50.6 Å². The summed E-state index contributed by atoms with van der Waals surface area (Å²) < 4.78 is 16.8. The molecule has 0 heterocycles. The third kappa shape index (κ3) is 6.73. The van der Waals surface area contributed by atoms with E-state index in [2.05, 4.69) is 6.58 Å². The molecule has 0 aliphatic rings. The van der Waals surface area contributed by atoms with Crippen molar-refractivity contribution in [2.45, 2.75) is 33.0 Å². The van der Waals surface area contributed by atoms with Gasteiger partial charge in [0.25, 0.3) is 0 Å². The Labute approximate surface area is 155 Å². The maximum atomic E-state index is 12.1. The van der Waals surface area contributed by atoms with Crippen LogP contribution in [0, 0.1) is 0 Å². The molecule has 0 amide bonds. The Bertz CT molecular complexity index is 718. The van der Waals surface area contributed by atoms with Gasteiger partial charge in [-0.25, -0.2) is 4.79 Å². The van der Waals surface area contributed by atoms with Crippen LogP contribution in [0.1, 0.15) is 36.7 Å². The van der Waals surface area contributed by atoms with E-state index in [-0.39, 0.29) is 12.6 Å². The molecular weight excluding hydrogens is 328 g/mol. The van der Waals surface area contributed by atoms with Gasteiger partial charge >= 0.3 is 5.97 Å². The Balaban J connectivity index is 1.83. The smallest absolute Gasteiger partial charge is 0.338 e. The molecule has 138 valence electrons. The molecule has 2 aromatic carbocycles. The maximum absolute atomic E-state index is 12.1. The summed E-state index contributed by atoms with van der Waals surface area (Å²) in [6, 6.07) is 16.5. The van der Waals surface area contributed by atoms with Crippen LogP contribution in [0.25, 0.3) is 0 Å². The number of hydrogen-bond acceptors (Lipinski definition) is 4. The average Bonchev–Trinajstić information content (AvgIpc) is 2.64. The van der Waals surface area contributed by atoms with Crippen molar-refractivity contribution in [3.05, 3.63) is 77.9 Å². The van der Waals surface area contributed by atoms with E-state index >= 15 is 0 Å². The molecule has 0 aliphatic carbocycles. The number of rotatable bonds is 9. The fraction of sp³-hybridized carbons (Fsp3) is 0.318. The second kappa shape index (κ2) is 9.20. The summed E-state index contributed by atoms with van der Waals surface area (Å²) in [6.07, 6.45) is 0. The van der Waals surface area contributed by atoms with Gasteiger partial charge in [0.1, 0.15) is 19.0 Å². The standard InChI is InChI=1S/C22H26O4/c1-17(2)14-26-22(3,4)16-25-20-12-10-19(11-13-20)21(23)24-15-18-8-6-5-7-9-18/h5-13H,1,14-16H2,2-4H3. The summed E-state index contributed by atoms with van der Waals surface area (Å²) in [5.74, 6) is 0.321. The van der Waals surface area contributed by atoms with Crippen molar-refractivity contribution in [3.63, 3.8) is 0 Å². The van der Waals surface area contributed by atoms with Crippen molar-refractivity contribution in [2.24, 2.45) is 0 Å². The van der Waals surface area contributed by atoms with Gasteiger partial charge in [0.05, 0.1) is 17.8 Å². The number of benzene rings is 2. The van der Waals surface area contributed by atoms with Crippen molar-refractivity contribution in [1.29, 1.82) is 0 Å². The lowest BCUT2D eigenvalue weighted by atomic mass is 10.1. The van der Waals surface area contributed by atoms with E-state index < -0.39 is 5.60 Å². The molecule has 0 aliphatic heterocycles. The number of carbonyl (C=O) groups excluding carboxylic acids is 1. The number of hydrogen-bond donors (Lipinski definition) is 0. The predicted octanol–water partition coefficient (Wildman–Crippen LogP) is 4.79. The largest absolute Gasteiger partial charge is 0.491 e. The minimum Gasteiger partial charge on any atom is -0.491 e. The van der Waals surface area contributed by atoms with Crippen LogP contribution in [0.4, 0.5) is 0 Å². The minimum absolute atomic E-state index is 0.256. The zero-order valence-corrected chi connectivity index (χ0v) is 15.7. The molecule has 26 heavy (non-hydrogen) atoms. The highest BCUT2D eigenvalue weighted by molar-refractivity contribution is 5.89. The summed E-state index contributed by atoms with van der Waals surface area (Å²) >= 11 is 0. The lowest BCUT2D eigenvalue weighted by Gasteiger charge is -2.25.